The summed E-state index contributed by atoms with van der Waals surface area (Å²) in [5.74, 6) is 0.667. The van der Waals surface area contributed by atoms with Crippen molar-refractivity contribution in [3.63, 3.8) is 0 Å². The number of hydrogen-bond acceptors (Lipinski definition) is 3. The Morgan fingerprint density at radius 1 is 1.56 bits per heavy atom. The summed E-state index contributed by atoms with van der Waals surface area (Å²) in [7, 11) is 0. The van der Waals surface area contributed by atoms with Gasteiger partial charge in [0.05, 0.1) is 12.3 Å². The van der Waals surface area contributed by atoms with Gasteiger partial charge in [-0.05, 0) is 31.7 Å². The Hall–Kier alpha value is -0.870. The standard InChI is InChI=1S/C12H21N3O/c1-2-3-15-9-11(8-14-15)7-13-6-10-4-12(16)5-10/h8-10,12-13,16H,2-7H2,1H3. The van der Waals surface area contributed by atoms with Crippen molar-refractivity contribution in [1.82, 2.24) is 15.1 Å². The van der Waals surface area contributed by atoms with Crippen molar-refractivity contribution in [3.8, 4) is 0 Å². The summed E-state index contributed by atoms with van der Waals surface area (Å²) in [5, 5.41) is 16.9. The molecule has 1 aromatic heterocycles. The van der Waals surface area contributed by atoms with Crippen molar-refractivity contribution in [1.29, 1.82) is 0 Å². The van der Waals surface area contributed by atoms with Crippen molar-refractivity contribution >= 4 is 0 Å². The average molecular weight is 223 g/mol. The number of hydrogen-bond donors (Lipinski definition) is 2. The van der Waals surface area contributed by atoms with Crippen molar-refractivity contribution in [2.24, 2.45) is 5.92 Å². The molecule has 2 N–H and O–H groups in total. The number of nitrogens with zero attached hydrogens (tertiary/aromatic N) is 2. The van der Waals surface area contributed by atoms with Crippen LogP contribution in [0.3, 0.4) is 0 Å². The van der Waals surface area contributed by atoms with Gasteiger partial charge in [-0.15, -0.1) is 0 Å². The van der Waals surface area contributed by atoms with Gasteiger partial charge in [-0.2, -0.15) is 5.10 Å². The smallest absolute Gasteiger partial charge is 0.0546 e. The number of aromatic nitrogens is 2. The molecule has 1 saturated carbocycles. The molecule has 1 fully saturated rings. The van der Waals surface area contributed by atoms with Gasteiger partial charge in [0, 0.05) is 24.8 Å². The quantitative estimate of drug-likeness (QED) is 0.760. The van der Waals surface area contributed by atoms with Crippen LogP contribution in [0.25, 0.3) is 0 Å². The van der Waals surface area contributed by atoms with Crippen LogP contribution in [-0.4, -0.2) is 27.5 Å². The molecule has 0 aliphatic heterocycles. The minimum absolute atomic E-state index is 0.0425. The molecule has 0 aromatic carbocycles. The second-order valence-corrected chi connectivity index (χ2v) is 4.73. The first-order chi connectivity index (χ1) is 7.78. The highest BCUT2D eigenvalue weighted by atomic mass is 16.3. The van der Waals surface area contributed by atoms with Crippen LogP contribution in [0.1, 0.15) is 31.7 Å². The molecule has 1 aliphatic carbocycles. The summed E-state index contributed by atoms with van der Waals surface area (Å²) in [6.07, 6.45) is 7.03. The number of aliphatic hydroxyl groups excluding tert-OH is 1. The Morgan fingerprint density at radius 3 is 3.06 bits per heavy atom. The Balaban J connectivity index is 1.64. The maximum atomic E-state index is 9.16. The van der Waals surface area contributed by atoms with Gasteiger partial charge in [0.1, 0.15) is 0 Å². The maximum absolute atomic E-state index is 9.16. The third-order valence-electron chi connectivity index (χ3n) is 3.11. The van der Waals surface area contributed by atoms with E-state index in [0.29, 0.717) is 5.92 Å². The highest BCUT2D eigenvalue weighted by molar-refractivity contribution is 5.03. The summed E-state index contributed by atoms with van der Waals surface area (Å²) >= 11 is 0. The number of nitrogens with one attached hydrogen (secondary N) is 1. The predicted octanol–water partition coefficient (Wildman–Crippen LogP) is 1.15. The van der Waals surface area contributed by atoms with E-state index < -0.39 is 0 Å². The second kappa shape index (κ2) is 5.46. The number of aliphatic hydroxyl groups is 1. The molecule has 0 saturated heterocycles. The van der Waals surface area contributed by atoms with E-state index in [9.17, 15) is 0 Å². The monoisotopic (exact) mass is 223 g/mol. The summed E-state index contributed by atoms with van der Waals surface area (Å²) in [4.78, 5) is 0. The van der Waals surface area contributed by atoms with Crippen molar-refractivity contribution in [3.05, 3.63) is 18.0 Å². The summed E-state index contributed by atoms with van der Waals surface area (Å²) in [5.41, 5.74) is 1.24. The third kappa shape index (κ3) is 3.06. The molecule has 1 aliphatic rings. The molecule has 1 heterocycles. The van der Waals surface area contributed by atoms with Crippen molar-refractivity contribution in [2.75, 3.05) is 6.54 Å². The lowest BCUT2D eigenvalue weighted by atomic mass is 9.82. The molecular weight excluding hydrogens is 202 g/mol. The predicted molar refractivity (Wildman–Crippen MR) is 63.0 cm³/mol. The van der Waals surface area contributed by atoms with Gasteiger partial charge in [0.25, 0.3) is 0 Å². The van der Waals surface area contributed by atoms with Gasteiger partial charge >= 0.3 is 0 Å². The van der Waals surface area contributed by atoms with E-state index in [1.165, 1.54) is 5.56 Å². The Morgan fingerprint density at radius 2 is 2.38 bits per heavy atom. The Labute approximate surface area is 96.7 Å². The van der Waals surface area contributed by atoms with Crippen molar-refractivity contribution in [2.45, 2.75) is 45.4 Å². The van der Waals surface area contributed by atoms with E-state index in [2.05, 4.69) is 23.5 Å². The number of rotatable bonds is 6. The first-order valence-corrected chi connectivity index (χ1v) is 6.18. The van der Waals surface area contributed by atoms with Crippen LogP contribution in [0.5, 0.6) is 0 Å². The fourth-order valence-electron chi connectivity index (χ4n) is 2.14. The van der Waals surface area contributed by atoms with E-state index in [0.717, 1.165) is 38.9 Å². The fraction of sp³-hybridized carbons (Fsp3) is 0.750. The fourth-order valence-corrected chi connectivity index (χ4v) is 2.14. The van der Waals surface area contributed by atoms with Crippen LogP contribution in [0.15, 0.2) is 12.4 Å². The molecule has 0 unspecified atom stereocenters. The first kappa shape index (κ1) is 11.6. The number of aryl methyl sites for hydroxylation is 1. The Bertz CT molecular complexity index is 318. The summed E-state index contributed by atoms with van der Waals surface area (Å²) in [6.45, 7) is 5.04. The van der Waals surface area contributed by atoms with Crippen LogP contribution in [0, 0.1) is 5.92 Å². The van der Waals surface area contributed by atoms with Gasteiger partial charge in [-0.25, -0.2) is 0 Å². The molecule has 4 nitrogen and oxygen atoms in total. The molecule has 2 rings (SSSR count). The summed E-state index contributed by atoms with van der Waals surface area (Å²) < 4.78 is 1.99. The summed E-state index contributed by atoms with van der Waals surface area (Å²) in [6, 6.07) is 0. The molecule has 1 aromatic rings. The van der Waals surface area contributed by atoms with Gasteiger partial charge in [0.15, 0.2) is 0 Å². The molecule has 90 valence electrons. The molecule has 4 heteroatoms. The van der Waals surface area contributed by atoms with E-state index >= 15 is 0 Å². The van der Waals surface area contributed by atoms with Gasteiger partial charge in [0.2, 0.25) is 0 Å². The topological polar surface area (TPSA) is 50.1 Å². The zero-order valence-corrected chi connectivity index (χ0v) is 9.89. The molecular formula is C12H21N3O. The Kier molecular flexibility index (Phi) is 3.96. The lowest BCUT2D eigenvalue weighted by molar-refractivity contribution is 0.0430. The van der Waals surface area contributed by atoms with Crippen LogP contribution in [0.4, 0.5) is 0 Å². The van der Waals surface area contributed by atoms with Crippen LogP contribution in [-0.2, 0) is 13.1 Å². The second-order valence-electron chi connectivity index (χ2n) is 4.73. The van der Waals surface area contributed by atoms with E-state index in [1.807, 2.05) is 10.9 Å². The molecule has 0 atom stereocenters. The van der Waals surface area contributed by atoms with Gasteiger partial charge in [-0.1, -0.05) is 6.92 Å². The average Bonchev–Trinajstić information content (AvgIpc) is 2.64. The zero-order chi connectivity index (χ0) is 11.4. The van der Waals surface area contributed by atoms with Crippen LogP contribution in [0.2, 0.25) is 0 Å². The molecule has 0 bridgehead atoms. The highest BCUT2D eigenvalue weighted by Gasteiger charge is 2.26. The van der Waals surface area contributed by atoms with Crippen LogP contribution >= 0.6 is 0 Å². The zero-order valence-electron chi connectivity index (χ0n) is 9.89. The minimum atomic E-state index is -0.0425. The van der Waals surface area contributed by atoms with E-state index in [4.69, 9.17) is 5.11 Å². The van der Waals surface area contributed by atoms with Gasteiger partial charge in [-0.3, -0.25) is 4.68 Å². The SMILES string of the molecule is CCCn1cc(CNCC2CC(O)C2)cn1. The minimum Gasteiger partial charge on any atom is -0.393 e. The van der Waals surface area contributed by atoms with Crippen LogP contribution < -0.4 is 5.32 Å². The highest BCUT2D eigenvalue weighted by Crippen LogP contribution is 2.26. The lowest BCUT2D eigenvalue weighted by Crippen LogP contribution is -2.35. The van der Waals surface area contributed by atoms with Crippen molar-refractivity contribution < 1.29 is 5.11 Å². The molecule has 0 spiro atoms. The van der Waals surface area contributed by atoms with E-state index in [1.54, 1.807) is 0 Å². The maximum Gasteiger partial charge on any atom is 0.0546 e. The third-order valence-corrected chi connectivity index (χ3v) is 3.11. The van der Waals surface area contributed by atoms with Gasteiger partial charge < -0.3 is 10.4 Å². The normalized spacial score (nSPS) is 24.4. The lowest BCUT2D eigenvalue weighted by Gasteiger charge is -2.31. The molecule has 0 radical (unpaired) electrons. The first-order valence-electron chi connectivity index (χ1n) is 6.18. The molecule has 0 amide bonds. The largest absolute Gasteiger partial charge is 0.393 e. The molecule has 16 heavy (non-hydrogen) atoms. The van der Waals surface area contributed by atoms with E-state index in [-0.39, 0.29) is 6.10 Å².